The summed E-state index contributed by atoms with van der Waals surface area (Å²) in [5.74, 6) is -6.90. The highest BCUT2D eigenvalue weighted by Crippen LogP contribution is 2.68. The SMILES string of the molecule is COC(=O)CC[C@@H]1C2=NC(=C\C3=NC4(OC(=O)C[C@@]4(C)[C@@H]3CCC(=O)OC)[C@](C)(O)C3=N[C@@](C)(C4[N-]/C(=C\2C)[C@](C)(CCC(=O)OC)[C@H]4CC(=O)OC)[C@@](C)(CC(=O)OC)[C@@H]3CCC(=O)OC)/C1(C)C. The molecular weight excluding hydrogens is 909 g/mol. The van der Waals surface area contributed by atoms with E-state index in [2.05, 4.69) is 0 Å². The number of fused-ring (bicyclic) bond motifs is 5. The number of nitrogens with zero attached hydrogens (tertiary/aromatic N) is 4. The first-order chi connectivity index (χ1) is 32.7. The van der Waals surface area contributed by atoms with Crippen LogP contribution in [0.15, 0.2) is 38.0 Å². The Kier molecular flexibility index (Phi) is 14.8. The van der Waals surface area contributed by atoms with Gasteiger partial charge < -0.3 is 43.6 Å². The molecule has 6 aliphatic heterocycles. The number of hydrogen-bond donors (Lipinski definition) is 1. The Labute approximate surface area is 410 Å². The van der Waals surface area contributed by atoms with Crippen molar-refractivity contribution in [1.82, 2.24) is 0 Å². The maximum absolute atomic E-state index is 14.0. The lowest BCUT2D eigenvalue weighted by molar-refractivity contribution is -0.177. The van der Waals surface area contributed by atoms with Crippen LogP contribution in [-0.2, 0) is 66.7 Å². The molecule has 6 heterocycles. The third-order valence-corrected chi connectivity index (χ3v) is 17.5. The van der Waals surface area contributed by atoms with Crippen LogP contribution in [0.5, 0.6) is 0 Å². The molecule has 6 aliphatic rings. The zero-order valence-corrected chi connectivity index (χ0v) is 43.2. The lowest BCUT2D eigenvalue weighted by Gasteiger charge is -2.53. The lowest BCUT2D eigenvalue weighted by atomic mass is 9.55. The molecule has 2 fully saturated rings. The van der Waals surface area contributed by atoms with Crippen molar-refractivity contribution in [3.8, 4) is 0 Å². The largest absolute Gasteiger partial charge is 0.682 e. The van der Waals surface area contributed by atoms with E-state index in [9.17, 15) is 38.7 Å². The van der Waals surface area contributed by atoms with E-state index in [4.69, 9.17) is 53.5 Å². The average Bonchev–Trinajstić information content (AvgIpc) is 3.99. The lowest BCUT2D eigenvalue weighted by Crippen LogP contribution is -2.64. The van der Waals surface area contributed by atoms with E-state index in [0.717, 1.165) is 0 Å². The Morgan fingerprint density at radius 2 is 1.23 bits per heavy atom. The number of esters is 7. The molecule has 386 valence electrons. The van der Waals surface area contributed by atoms with Crippen molar-refractivity contribution in [1.29, 1.82) is 0 Å². The second-order valence-electron chi connectivity index (χ2n) is 21.3. The van der Waals surface area contributed by atoms with Crippen molar-refractivity contribution in [2.45, 2.75) is 149 Å². The topological polar surface area (TPSA) is 256 Å². The highest BCUT2D eigenvalue weighted by atomic mass is 16.6. The number of allylic oxidation sites excluding steroid dienone is 4. The van der Waals surface area contributed by atoms with E-state index in [1.54, 1.807) is 13.8 Å². The summed E-state index contributed by atoms with van der Waals surface area (Å²) in [4.78, 5) is 110. The molecule has 1 spiro atoms. The Bertz CT molecular complexity index is 2370. The first kappa shape index (κ1) is 53.9. The van der Waals surface area contributed by atoms with Crippen LogP contribution in [0.2, 0.25) is 0 Å². The van der Waals surface area contributed by atoms with E-state index < -0.39 is 110 Å². The Hall–Kier alpha value is -5.46. The molecule has 70 heavy (non-hydrogen) atoms. The molecule has 8 bridgehead atoms. The van der Waals surface area contributed by atoms with Crippen molar-refractivity contribution in [3.05, 3.63) is 28.4 Å². The molecule has 0 amide bonds. The maximum Gasteiger partial charge on any atom is 0.308 e. The third kappa shape index (κ3) is 8.44. The van der Waals surface area contributed by atoms with E-state index in [1.165, 1.54) is 49.6 Å². The van der Waals surface area contributed by atoms with E-state index in [0.29, 0.717) is 28.4 Å². The van der Waals surface area contributed by atoms with Crippen LogP contribution in [0.4, 0.5) is 0 Å². The Morgan fingerprint density at radius 1 is 0.714 bits per heavy atom. The van der Waals surface area contributed by atoms with Crippen LogP contribution in [0.25, 0.3) is 5.32 Å². The van der Waals surface area contributed by atoms with Crippen LogP contribution in [0.1, 0.15) is 126 Å². The molecule has 0 aromatic rings. The molecule has 0 saturated carbocycles. The minimum absolute atomic E-state index is 0.0273. The summed E-state index contributed by atoms with van der Waals surface area (Å²) in [5.41, 5.74) is -8.09. The van der Waals surface area contributed by atoms with Gasteiger partial charge in [-0.15, -0.1) is 0 Å². The van der Waals surface area contributed by atoms with Crippen LogP contribution in [0, 0.1) is 45.3 Å². The number of carbonyl (C=O) groups excluding carboxylic acids is 7. The molecule has 0 radical (unpaired) electrons. The van der Waals surface area contributed by atoms with Gasteiger partial charge in [-0.1, -0.05) is 40.7 Å². The zero-order valence-electron chi connectivity index (χ0n) is 43.2. The number of carbonyl (C=O) groups is 7. The van der Waals surface area contributed by atoms with Crippen LogP contribution >= 0.6 is 0 Å². The number of hydrogen-bond acceptors (Lipinski definition) is 18. The molecule has 2 unspecified atom stereocenters. The normalized spacial score (nSPS) is 37.4. The Morgan fingerprint density at radius 3 is 1.77 bits per heavy atom. The summed E-state index contributed by atoms with van der Waals surface area (Å²) < 4.78 is 37.7. The number of aliphatic hydroxyl groups is 1. The highest BCUT2D eigenvalue weighted by molar-refractivity contribution is 6.09. The maximum atomic E-state index is 14.0. The van der Waals surface area contributed by atoms with E-state index in [-0.39, 0.29) is 76.3 Å². The summed E-state index contributed by atoms with van der Waals surface area (Å²) in [7, 11) is 7.66. The van der Waals surface area contributed by atoms with Gasteiger partial charge in [0.2, 0.25) is 5.72 Å². The fraction of sp³-hybridized carbons (Fsp3) is 0.725. The van der Waals surface area contributed by atoms with Gasteiger partial charge in [0, 0.05) is 77.8 Å². The van der Waals surface area contributed by atoms with Crippen molar-refractivity contribution >= 4 is 58.9 Å². The third-order valence-electron chi connectivity index (χ3n) is 17.5. The zero-order chi connectivity index (χ0) is 52.2. The predicted molar refractivity (Wildman–Crippen MR) is 253 cm³/mol. The first-order valence-electron chi connectivity index (χ1n) is 23.9. The number of ether oxygens (including phenoxy) is 7. The van der Waals surface area contributed by atoms with Gasteiger partial charge in [0.25, 0.3) is 0 Å². The molecule has 19 nitrogen and oxygen atoms in total. The molecule has 6 rings (SSSR count). The molecule has 1 N–H and O–H groups in total. The summed E-state index contributed by atoms with van der Waals surface area (Å²) >= 11 is 0. The quantitative estimate of drug-likeness (QED) is 0.140. The van der Waals surface area contributed by atoms with Crippen molar-refractivity contribution in [3.63, 3.8) is 0 Å². The summed E-state index contributed by atoms with van der Waals surface area (Å²) in [5, 5.41) is 19.5. The van der Waals surface area contributed by atoms with Crippen molar-refractivity contribution in [2.75, 3.05) is 42.7 Å². The standard InChI is InChI=1S/C51H71N4O15/c1-27-41-29(16-19-35(57)65-10)45(2,3)33(52-41)24-32-28(15-18-34(56)64-9)48(6)26-40(62)70-51(48,54-32)50(8,63)44-30(17-20-36(58)66-11)47(5,25-39(61)69-14)49(7,55-44)43-31(23-38(60)68-13)46(4,42(27)53-43)22-21-37(59)67-12/h24,28-31,43,63H,15-23,25-26H2,1-14H3/q-1/t28-,29-,30-,31+,43?,46-,47+,48+,49+,50-,51?/m1/s1. The van der Waals surface area contributed by atoms with Gasteiger partial charge >= 0.3 is 41.8 Å². The second kappa shape index (κ2) is 19.3. The number of aliphatic imine (C=N–C) groups is 3. The summed E-state index contributed by atoms with van der Waals surface area (Å²) in [6, 6.07) is -1.03. The minimum atomic E-state index is -2.32. The van der Waals surface area contributed by atoms with Gasteiger partial charge in [-0.05, 0) is 69.4 Å². The van der Waals surface area contributed by atoms with Crippen LogP contribution < -0.4 is 0 Å². The van der Waals surface area contributed by atoms with Gasteiger partial charge in [-0.25, -0.2) is 4.99 Å². The van der Waals surface area contributed by atoms with Gasteiger partial charge in [0.1, 0.15) is 0 Å². The van der Waals surface area contributed by atoms with E-state index >= 15 is 0 Å². The average molecular weight is 980 g/mol. The van der Waals surface area contributed by atoms with Gasteiger partial charge in [-0.3, -0.25) is 43.5 Å². The molecule has 0 aliphatic carbocycles. The van der Waals surface area contributed by atoms with E-state index in [1.807, 2.05) is 40.7 Å². The van der Waals surface area contributed by atoms with Crippen molar-refractivity contribution < 1.29 is 71.8 Å². The van der Waals surface area contributed by atoms with Crippen LogP contribution in [-0.4, -0.2) is 130 Å². The Balaban J connectivity index is 1.81. The minimum Gasteiger partial charge on any atom is -0.682 e. The molecule has 2 saturated heterocycles. The summed E-state index contributed by atoms with van der Waals surface area (Å²) in [6.45, 7) is 14.7. The van der Waals surface area contributed by atoms with Gasteiger partial charge in [-0.2, -0.15) is 5.70 Å². The smallest absolute Gasteiger partial charge is 0.308 e. The molecule has 0 aromatic carbocycles. The molecule has 0 aromatic heterocycles. The van der Waals surface area contributed by atoms with Gasteiger partial charge in [0.05, 0.1) is 72.2 Å². The van der Waals surface area contributed by atoms with Gasteiger partial charge in [0.15, 0.2) is 5.60 Å². The monoisotopic (exact) mass is 979 g/mol. The molecular formula is C51H71N4O15-. The first-order valence-corrected chi connectivity index (χ1v) is 23.9. The fourth-order valence-electron chi connectivity index (χ4n) is 13.1. The molecule has 11 atom stereocenters. The molecule has 19 heteroatoms. The highest BCUT2D eigenvalue weighted by Gasteiger charge is 2.77. The van der Waals surface area contributed by atoms with Crippen molar-refractivity contribution in [2.24, 2.45) is 60.3 Å². The fourth-order valence-corrected chi connectivity index (χ4v) is 13.1. The van der Waals surface area contributed by atoms with Crippen LogP contribution in [0.3, 0.4) is 0 Å². The summed E-state index contributed by atoms with van der Waals surface area (Å²) in [6.07, 6.45) is 1.20. The predicted octanol–water partition coefficient (Wildman–Crippen LogP) is 5.88. The second-order valence-corrected chi connectivity index (χ2v) is 21.3. The number of rotatable bonds is 16. The number of methoxy groups -OCH3 is 6.